The predicted octanol–water partition coefficient (Wildman–Crippen LogP) is 1.38. The van der Waals surface area contributed by atoms with E-state index in [-0.39, 0.29) is 6.04 Å². The Kier molecular flexibility index (Phi) is 3.75. The number of benzene rings is 1. The zero-order valence-corrected chi connectivity index (χ0v) is 13.0. The SMILES string of the molecule is NC(=N[C@@H]1C[C@H]1c1cnn(-c2ccccc2)c1)N1CCOCC1. The number of guanidine groups is 1. The molecule has 4 rings (SSSR count). The van der Waals surface area contributed by atoms with Crippen LogP contribution in [0.15, 0.2) is 47.7 Å². The number of ether oxygens (including phenoxy) is 1. The molecule has 6 nitrogen and oxygen atoms in total. The number of hydrogen-bond donors (Lipinski definition) is 1. The lowest BCUT2D eigenvalue weighted by molar-refractivity contribution is 0.0674. The summed E-state index contributed by atoms with van der Waals surface area (Å²) in [6.07, 6.45) is 5.09. The first-order valence-corrected chi connectivity index (χ1v) is 8.07. The number of hydrogen-bond acceptors (Lipinski definition) is 3. The smallest absolute Gasteiger partial charge is 0.191 e. The van der Waals surface area contributed by atoms with E-state index in [0.717, 1.165) is 38.4 Å². The molecular weight excluding hydrogens is 290 g/mol. The molecule has 6 heteroatoms. The molecule has 2 atom stereocenters. The highest BCUT2D eigenvalue weighted by molar-refractivity contribution is 5.78. The fraction of sp³-hybridized carbons (Fsp3) is 0.412. The van der Waals surface area contributed by atoms with Gasteiger partial charge < -0.3 is 15.4 Å². The zero-order valence-electron chi connectivity index (χ0n) is 13.0. The van der Waals surface area contributed by atoms with E-state index in [4.69, 9.17) is 10.5 Å². The molecule has 1 aromatic heterocycles. The van der Waals surface area contributed by atoms with Crippen molar-refractivity contribution in [1.82, 2.24) is 14.7 Å². The van der Waals surface area contributed by atoms with E-state index in [1.54, 1.807) is 0 Å². The van der Waals surface area contributed by atoms with Crippen molar-refractivity contribution in [1.29, 1.82) is 0 Å². The van der Waals surface area contributed by atoms with Gasteiger partial charge in [0, 0.05) is 25.2 Å². The van der Waals surface area contributed by atoms with E-state index in [1.165, 1.54) is 5.56 Å². The van der Waals surface area contributed by atoms with Crippen molar-refractivity contribution in [3.05, 3.63) is 48.3 Å². The van der Waals surface area contributed by atoms with E-state index < -0.39 is 0 Å². The maximum absolute atomic E-state index is 6.13. The van der Waals surface area contributed by atoms with Crippen LogP contribution < -0.4 is 5.73 Å². The van der Waals surface area contributed by atoms with Crippen LogP contribution in [0.2, 0.25) is 0 Å². The molecule has 0 amide bonds. The van der Waals surface area contributed by atoms with Crippen molar-refractivity contribution in [3.63, 3.8) is 0 Å². The fourth-order valence-electron chi connectivity index (χ4n) is 2.98. The van der Waals surface area contributed by atoms with Crippen LogP contribution in [0.4, 0.5) is 0 Å². The maximum atomic E-state index is 6.13. The summed E-state index contributed by atoms with van der Waals surface area (Å²) in [6.45, 7) is 3.12. The largest absolute Gasteiger partial charge is 0.378 e. The summed E-state index contributed by atoms with van der Waals surface area (Å²) in [5, 5.41) is 4.46. The molecule has 0 radical (unpaired) electrons. The molecule has 1 aromatic carbocycles. The summed E-state index contributed by atoms with van der Waals surface area (Å²) < 4.78 is 7.26. The Morgan fingerprint density at radius 1 is 1.22 bits per heavy atom. The number of aliphatic imine (C=N–C) groups is 1. The Bertz CT molecular complexity index is 690. The lowest BCUT2D eigenvalue weighted by Crippen LogP contribution is -2.45. The number of para-hydroxylation sites is 1. The molecule has 1 aliphatic carbocycles. The van der Waals surface area contributed by atoms with Gasteiger partial charge in [0.25, 0.3) is 0 Å². The number of aromatic nitrogens is 2. The van der Waals surface area contributed by atoms with Crippen LogP contribution in [0.25, 0.3) is 5.69 Å². The third-order valence-electron chi connectivity index (χ3n) is 4.44. The molecule has 0 spiro atoms. The number of morpholine rings is 1. The summed E-state index contributed by atoms with van der Waals surface area (Å²) in [5.41, 5.74) is 8.44. The highest BCUT2D eigenvalue weighted by atomic mass is 16.5. The van der Waals surface area contributed by atoms with Crippen LogP contribution in [0.3, 0.4) is 0 Å². The summed E-state index contributed by atoms with van der Waals surface area (Å²) in [4.78, 5) is 6.78. The first-order valence-electron chi connectivity index (χ1n) is 8.07. The molecule has 2 heterocycles. The van der Waals surface area contributed by atoms with Crippen molar-refractivity contribution in [2.24, 2.45) is 10.7 Å². The molecule has 2 aromatic rings. The van der Waals surface area contributed by atoms with E-state index in [2.05, 4.69) is 33.3 Å². The lowest BCUT2D eigenvalue weighted by atomic mass is 10.2. The number of rotatable bonds is 3. The van der Waals surface area contributed by atoms with Gasteiger partial charge in [0.1, 0.15) is 0 Å². The summed E-state index contributed by atoms with van der Waals surface area (Å²) in [6, 6.07) is 10.4. The number of nitrogens with two attached hydrogens (primary N) is 1. The Labute approximate surface area is 135 Å². The topological polar surface area (TPSA) is 68.7 Å². The third kappa shape index (κ3) is 3.07. The van der Waals surface area contributed by atoms with Crippen LogP contribution in [-0.2, 0) is 4.74 Å². The van der Waals surface area contributed by atoms with Gasteiger partial charge in [-0.15, -0.1) is 0 Å². The molecule has 2 fully saturated rings. The Morgan fingerprint density at radius 2 is 2.00 bits per heavy atom. The van der Waals surface area contributed by atoms with E-state index >= 15 is 0 Å². The molecule has 0 bridgehead atoms. The first-order chi connectivity index (χ1) is 11.3. The van der Waals surface area contributed by atoms with Crippen molar-refractivity contribution in [3.8, 4) is 5.69 Å². The fourth-order valence-corrected chi connectivity index (χ4v) is 2.98. The quantitative estimate of drug-likeness (QED) is 0.687. The standard InChI is InChI=1S/C17H21N5O/c18-17(21-6-8-23-9-7-21)20-16-10-15(16)13-11-19-22(12-13)14-4-2-1-3-5-14/h1-5,11-12,15-16H,6-10H2,(H2,18,20)/t15-,16+/m0/s1. The van der Waals surface area contributed by atoms with Gasteiger partial charge in [-0.05, 0) is 24.1 Å². The van der Waals surface area contributed by atoms with Crippen LogP contribution in [0.1, 0.15) is 17.9 Å². The Hall–Kier alpha value is -2.34. The number of nitrogens with zero attached hydrogens (tertiary/aromatic N) is 4. The van der Waals surface area contributed by atoms with Crippen molar-refractivity contribution >= 4 is 5.96 Å². The van der Waals surface area contributed by atoms with Gasteiger partial charge in [-0.3, -0.25) is 0 Å². The van der Waals surface area contributed by atoms with E-state index in [9.17, 15) is 0 Å². The minimum Gasteiger partial charge on any atom is -0.378 e. The highest BCUT2D eigenvalue weighted by Crippen LogP contribution is 2.43. The summed E-state index contributed by atoms with van der Waals surface area (Å²) in [5.74, 6) is 1.09. The van der Waals surface area contributed by atoms with Crippen molar-refractivity contribution in [2.45, 2.75) is 18.4 Å². The van der Waals surface area contributed by atoms with E-state index in [0.29, 0.717) is 11.9 Å². The predicted molar refractivity (Wildman–Crippen MR) is 88.7 cm³/mol. The Morgan fingerprint density at radius 3 is 2.78 bits per heavy atom. The van der Waals surface area contributed by atoms with Gasteiger partial charge in [-0.25, -0.2) is 9.67 Å². The summed E-state index contributed by atoms with van der Waals surface area (Å²) in [7, 11) is 0. The average Bonchev–Trinajstić information content (AvgIpc) is 3.19. The lowest BCUT2D eigenvalue weighted by Gasteiger charge is -2.27. The van der Waals surface area contributed by atoms with Crippen LogP contribution in [0, 0.1) is 0 Å². The van der Waals surface area contributed by atoms with Crippen LogP contribution >= 0.6 is 0 Å². The van der Waals surface area contributed by atoms with Crippen molar-refractivity contribution < 1.29 is 4.74 Å². The molecule has 1 saturated carbocycles. The average molecular weight is 311 g/mol. The maximum Gasteiger partial charge on any atom is 0.191 e. The second kappa shape index (κ2) is 6.04. The molecule has 23 heavy (non-hydrogen) atoms. The third-order valence-corrected chi connectivity index (χ3v) is 4.44. The van der Waals surface area contributed by atoms with Crippen LogP contribution in [0.5, 0.6) is 0 Å². The molecule has 2 aliphatic rings. The molecule has 2 N–H and O–H groups in total. The second-order valence-corrected chi connectivity index (χ2v) is 6.05. The van der Waals surface area contributed by atoms with Crippen LogP contribution in [-0.4, -0.2) is 53.0 Å². The zero-order chi connectivity index (χ0) is 15.6. The van der Waals surface area contributed by atoms with Gasteiger partial charge in [-0.2, -0.15) is 5.10 Å². The Balaban J connectivity index is 1.42. The molecule has 1 saturated heterocycles. The van der Waals surface area contributed by atoms with Gasteiger partial charge >= 0.3 is 0 Å². The first kappa shape index (κ1) is 14.3. The normalized spacial score (nSPS) is 24.7. The minimum atomic E-state index is 0.284. The summed E-state index contributed by atoms with van der Waals surface area (Å²) >= 11 is 0. The highest BCUT2D eigenvalue weighted by Gasteiger charge is 2.40. The van der Waals surface area contributed by atoms with Gasteiger partial charge in [0.15, 0.2) is 5.96 Å². The molecule has 0 unspecified atom stereocenters. The van der Waals surface area contributed by atoms with Gasteiger partial charge in [0.05, 0.1) is 31.1 Å². The minimum absolute atomic E-state index is 0.284. The van der Waals surface area contributed by atoms with Gasteiger partial charge in [-0.1, -0.05) is 18.2 Å². The second-order valence-electron chi connectivity index (χ2n) is 6.05. The molecule has 120 valence electrons. The molecular formula is C17H21N5O. The molecule has 1 aliphatic heterocycles. The van der Waals surface area contributed by atoms with Gasteiger partial charge in [0.2, 0.25) is 0 Å². The van der Waals surface area contributed by atoms with Crippen molar-refractivity contribution in [2.75, 3.05) is 26.3 Å². The van der Waals surface area contributed by atoms with E-state index in [1.807, 2.05) is 29.1 Å². The monoisotopic (exact) mass is 311 g/mol.